The lowest BCUT2D eigenvalue weighted by Gasteiger charge is -2.13. The Hall–Kier alpha value is -3.23. The van der Waals surface area contributed by atoms with Crippen molar-refractivity contribution in [3.63, 3.8) is 0 Å². The maximum atomic E-state index is 12.5. The van der Waals surface area contributed by atoms with Gasteiger partial charge in [-0.25, -0.2) is 14.3 Å². The summed E-state index contributed by atoms with van der Waals surface area (Å²) < 4.78 is 11.7. The first-order valence-electron chi connectivity index (χ1n) is 7.52. The molecule has 0 aliphatic rings. The molecule has 0 aliphatic carbocycles. The fourth-order valence-corrected chi connectivity index (χ4v) is 2.41. The minimum atomic E-state index is -0.481. The Balaban J connectivity index is 1.80. The van der Waals surface area contributed by atoms with Gasteiger partial charge < -0.3 is 14.1 Å². The highest BCUT2D eigenvalue weighted by Gasteiger charge is 2.21. The first kappa shape index (κ1) is 16.6. The number of ether oxygens (including phenoxy) is 1. The Morgan fingerprint density at radius 1 is 1.36 bits per heavy atom. The summed E-state index contributed by atoms with van der Waals surface area (Å²) in [5.41, 5.74) is 1.16. The zero-order valence-electron chi connectivity index (χ0n) is 14.3. The number of esters is 1. The van der Waals surface area contributed by atoms with Crippen LogP contribution >= 0.6 is 0 Å². The molecule has 1 amide bonds. The third kappa shape index (κ3) is 3.08. The van der Waals surface area contributed by atoms with E-state index in [4.69, 9.17) is 4.42 Å². The van der Waals surface area contributed by atoms with Crippen molar-refractivity contribution in [2.75, 3.05) is 14.2 Å². The van der Waals surface area contributed by atoms with Crippen molar-refractivity contribution in [2.24, 2.45) is 0 Å². The number of amides is 1. The SMILES string of the molecule is COC(=O)c1cc(CN(C)C(=O)c2nc3nccc(C)n3n2)oc1C. The van der Waals surface area contributed by atoms with E-state index in [9.17, 15) is 9.59 Å². The lowest BCUT2D eigenvalue weighted by atomic mass is 10.2. The van der Waals surface area contributed by atoms with Crippen LogP contribution in [0.3, 0.4) is 0 Å². The highest BCUT2D eigenvalue weighted by molar-refractivity contribution is 5.91. The van der Waals surface area contributed by atoms with E-state index in [1.807, 2.05) is 6.92 Å². The summed E-state index contributed by atoms with van der Waals surface area (Å²) in [6.07, 6.45) is 1.61. The molecule has 0 saturated heterocycles. The van der Waals surface area contributed by atoms with Gasteiger partial charge in [0.2, 0.25) is 5.82 Å². The number of hydrogen-bond donors (Lipinski definition) is 0. The van der Waals surface area contributed by atoms with Gasteiger partial charge in [0.05, 0.1) is 13.7 Å². The molecule has 3 aromatic rings. The molecule has 3 rings (SSSR count). The largest absolute Gasteiger partial charge is 0.465 e. The number of aromatic nitrogens is 4. The van der Waals surface area contributed by atoms with Gasteiger partial charge in [0.1, 0.15) is 17.1 Å². The number of rotatable bonds is 4. The second kappa shape index (κ2) is 6.34. The third-order valence-electron chi connectivity index (χ3n) is 3.74. The molecule has 0 spiro atoms. The molecule has 0 aromatic carbocycles. The lowest BCUT2D eigenvalue weighted by molar-refractivity contribution is 0.0598. The monoisotopic (exact) mass is 343 g/mol. The van der Waals surface area contributed by atoms with Crippen molar-refractivity contribution in [1.29, 1.82) is 0 Å². The highest BCUT2D eigenvalue weighted by Crippen LogP contribution is 2.17. The van der Waals surface area contributed by atoms with E-state index in [1.54, 1.807) is 32.3 Å². The van der Waals surface area contributed by atoms with Crippen LogP contribution in [0.25, 0.3) is 5.78 Å². The topological polar surface area (TPSA) is 103 Å². The average Bonchev–Trinajstić information content (AvgIpc) is 3.18. The van der Waals surface area contributed by atoms with Gasteiger partial charge in [-0.15, -0.1) is 5.10 Å². The number of carbonyl (C=O) groups excluding carboxylic acids is 2. The van der Waals surface area contributed by atoms with Crippen molar-refractivity contribution in [1.82, 2.24) is 24.5 Å². The van der Waals surface area contributed by atoms with Gasteiger partial charge in [0, 0.05) is 18.9 Å². The lowest BCUT2D eigenvalue weighted by Crippen LogP contribution is -2.27. The van der Waals surface area contributed by atoms with Crippen LogP contribution in [-0.4, -0.2) is 50.5 Å². The van der Waals surface area contributed by atoms with Gasteiger partial charge in [-0.2, -0.15) is 4.98 Å². The van der Waals surface area contributed by atoms with E-state index in [0.717, 1.165) is 5.69 Å². The Labute approximate surface area is 143 Å². The van der Waals surface area contributed by atoms with Crippen molar-refractivity contribution in [3.05, 3.63) is 46.9 Å². The molecule has 130 valence electrons. The summed E-state index contributed by atoms with van der Waals surface area (Å²) in [7, 11) is 2.90. The molecule has 0 saturated carbocycles. The first-order valence-corrected chi connectivity index (χ1v) is 7.52. The maximum Gasteiger partial charge on any atom is 0.341 e. The molecule has 3 heterocycles. The predicted octanol–water partition coefficient (Wildman–Crippen LogP) is 1.39. The van der Waals surface area contributed by atoms with E-state index >= 15 is 0 Å². The van der Waals surface area contributed by atoms with Crippen molar-refractivity contribution < 1.29 is 18.7 Å². The van der Waals surface area contributed by atoms with E-state index in [1.165, 1.54) is 16.5 Å². The van der Waals surface area contributed by atoms with Gasteiger partial charge in [-0.3, -0.25) is 4.79 Å². The van der Waals surface area contributed by atoms with E-state index < -0.39 is 5.97 Å². The Morgan fingerprint density at radius 3 is 2.80 bits per heavy atom. The Kier molecular flexibility index (Phi) is 4.22. The van der Waals surface area contributed by atoms with Crippen LogP contribution in [-0.2, 0) is 11.3 Å². The molecule has 0 radical (unpaired) electrons. The van der Waals surface area contributed by atoms with Gasteiger partial charge in [0.15, 0.2) is 0 Å². The molecule has 9 nitrogen and oxygen atoms in total. The van der Waals surface area contributed by atoms with Crippen LogP contribution < -0.4 is 0 Å². The van der Waals surface area contributed by atoms with Crippen LogP contribution in [0.15, 0.2) is 22.7 Å². The van der Waals surface area contributed by atoms with E-state index in [2.05, 4.69) is 19.8 Å². The normalized spacial score (nSPS) is 10.9. The Bertz CT molecular complexity index is 959. The fourth-order valence-electron chi connectivity index (χ4n) is 2.41. The standard InChI is InChI=1S/C16H17N5O4/c1-9-5-6-17-16-18-13(19-21(9)16)14(22)20(3)8-11-7-12(10(2)25-11)15(23)24-4/h5-7H,8H2,1-4H3. The van der Waals surface area contributed by atoms with Crippen LogP contribution in [0.2, 0.25) is 0 Å². The molecule has 25 heavy (non-hydrogen) atoms. The summed E-state index contributed by atoms with van der Waals surface area (Å²) in [4.78, 5) is 33.8. The second-order valence-electron chi connectivity index (χ2n) is 5.57. The van der Waals surface area contributed by atoms with Gasteiger partial charge in [0.25, 0.3) is 11.7 Å². The molecule has 0 fully saturated rings. The van der Waals surface area contributed by atoms with E-state index in [0.29, 0.717) is 22.9 Å². The van der Waals surface area contributed by atoms with Crippen LogP contribution in [0, 0.1) is 13.8 Å². The molecule has 0 atom stereocenters. The smallest absolute Gasteiger partial charge is 0.341 e. The minimum Gasteiger partial charge on any atom is -0.465 e. The molecular weight excluding hydrogens is 326 g/mol. The minimum absolute atomic E-state index is 0.0424. The summed E-state index contributed by atoms with van der Waals surface area (Å²) in [6, 6.07) is 3.34. The van der Waals surface area contributed by atoms with Crippen molar-refractivity contribution in [2.45, 2.75) is 20.4 Å². The zero-order chi connectivity index (χ0) is 18.1. The summed E-state index contributed by atoms with van der Waals surface area (Å²) in [5.74, 6) is 0.447. The molecule has 0 bridgehead atoms. The van der Waals surface area contributed by atoms with Crippen molar-refractivity contribution in [3.8, 4) is 0 Å². The number of nitrogens with zero attached hydrogens (tertiary/aromatic N) is 5. The summed E-state index contributed by atoms with van der Waals surface area (Å²) >= 11 is 0. The summed E-state index contributed by atoms with van der Waals surface area (Å²) in [5, 5.41) is 4.19. The highest BCUT2D eigenvalue weighted by atomic mass is 16.5. The third-order valence-corrected chi connectivity index (χ3v) is 3.74. The summed E-state index contributed by atoms with van der Waals surface area (Å²) in [6.45, 7) is 3.68. The number of carbonyl (C=O) groups is 2. The van der Waals surface area contributed by atoms with Gasteiger partial charge >= 0.3 is 5.97 Å². The first-order chi connectivity index (χ1) is 11.9. The van der Waals surface area contributed by atoms with Crippen molar-refractivity contribution >= 4 is 17.7 Å². The molecular formula is C16H17N5O4. The predicted molar refractivity (Wildman–Crippen MR) is 86.1 cm³/mol. The molecule has 0 unspecified atom stereocenters. The number of hydrogen-bond acceptors (Lipinski definition) is 7. The fraction of sp³-hybridized carbons (Fsp3) is 0.312. The van der Waals surface area contributed by atoms with Gasteiger partial charge in [-0.05, 0) is 26.0 Å². The zero-order valence-corrected chi connectivity index (χ0v) is 14.3. The molecule has 0 N–H and O–H groups in total. The quantitative estimate of drug-likeness (QED) is 0.660. The van der Waals surface area contributed by atoms with E-state index in [-0.39, 0.29) is 18.3 Å². The van der Waals surface area contributed by atoms with Gasteiger partial charge in [-0.1, -0.05) is 0 Å². The number of fused-ring (bicyclic) bond motifs is 1. The van der Waals surface area contributed by atoms with Crippen LogP contribution in [0.1, 0.15) is 38.2 Å². The second-order valence-corrected chi connectivity index (χ2v) is 5.57. The van der Waals surface area contributed by atoms with Crippen LogP contribution in [0.5, 0.6) is 0 Å². The molecule has 3 aromatic heterocycles. The molecule has 9 heteroatoms. The number of furan rings is 1. The average molecular weight is 343 g/mol. The maximum absolute atomic E-state index is 12.5. The van der Waals surface area contributed by atoms with Crippen LogP contribution in [0.4, 0.5) is 0 Å². The molecule has 0 aliphatic heterocycles. The number of aryl methyl sites for hydroxylation is 2. The number of methoxy groups -OCH3 is 1. The Morgan fingerprint density at radius 2 is 2.12 bits per heavy atom.